The molecular formula is C15H23ClN2O2S. The molecule has 1 N–H and O–H groups in total. The van der Waals surface area contributed by atoms with Crippen molar-refractivity contribution >= 4 is 27.3 Å². The Morgan fingerprint density at radius 3 is 2.48 bits per heavy atom. The third kappa shape index (κ3) is 4.34. The number of anilines is 1. The first kappa shape index (κ1) is 16.6. The van der Waals surface area contributed by atoms with Gasteiger partial charge in [-0.25, -0.2) is 12.7 Å². The van der Waals surface area contributed by atoms with Gasteiger partial charge in [0.1, 0.15) is 0 Å². The first-order chi connectivity index (χ1) is 9.89. The third-order valence-electron chi connectivity index (χ3n) is 3.95. The van der Waals surface area contributed by atoms with Crippen LogP contribution >= 0.6 is 11.6 Å². The molecule has 2 rings (SSSR count). The van der Waals surface area contributed by atoms with Crippen LogP contribution in [0.3, 0.4) is 0 Å². The fraction of sp³-hybridized carbons (Fsp3) is 0.600. The molecule has 118 valence electrons. The van der Waals surface area contributed by atoms with Crippen molar-refractivity contribution in [3.05, 3.63) is 24.3 Å². The van der Waals surface area contributed by atoms with Gasteiger partial charge in [-0.2, -0.15) is 0 Å². The van der Waals surface area contributed by atoms with E-state index < -0.39 is 10.0 Å². The van der Waals surface area contributed by atoms with Gasteiger partial charge in [0.05, 0.1) is 4.90 Å². The quantitative estimate of drug-likeness (QED) is 0.844. The van der Waals surface area contributed by atoms with Crippen LogP contribution in [0, 0.1) is 5.92 Å². The summed E-state index contributed by atoms with van der Waals surface area (Å²) in [7, 11) is -0.279. The zero-order valence-electron chi connectivity index (χ0n) is 12.5. The van der Waals surface area contributed by atoms with Crippen LogP contribution in [0.25, 0.3) is 0 Å². The number of benzene rings is 1. The number of hydrogen-bond acceptors (Lipinski definition) is 3. The van der Waals surface area contributed by atoms with Crippen LogP contribution in [0.15, 0.2) is 29.2 Å². The van der Waals surface area contributed by atoms with Crippen molar-refractivity contribution in [1.29, 1.82) is 0 Å². The number of rotatable bonds is 5. The normalized spacial score (nSPS) is 23.2. The Morgan fingerprint density at radius 2 is 1.90 bits per heavy atom. The molecule has 0 saturated heterocycles. The second kappa shape index (κ2) is 6.99. The predicted molar refractivity (Wildman–Crippen MR) is 87.4 cm³/mol. The monoisotopic (exact) mass is 330 g/mol. The molecule has 4 nitrogen and oxygen atoms in total. The fourth-order valence-electron chi connectivity index (χ4n) is 2.63. The van der Waals surface area contributed by atoms with Gasteiger partial charge in [-0.1, -0.05) is 6.42 Å². The van der Waals surface area contributed by atoms with Gasteiger partial charge >= 0.3 is 0 Å². The summed E-state index contributed by atoms with van der Waals surface area (Å²) in [4.78, 5) is 0.316. The first-order valence-corrected chi connectivity index (χ1v) is 9.18. The van der Waals surface area contributed by atoms with Crippen molar-refractivity contribution in [2.75, 3.05) is 26.0 Å². The molecular weight excluding hydrogens is 308 g/mol. The van der Waals surface area contributed by atoms with Gasteiger partial charge in [-0.3, -0.25) is 0 Å². The van der Waals surface area contributed by atoms with E-state index in [1.165, 1.54) is 31.2 Å². The van der Waals surface area contributed by atoms with E-state index in [-0.39, 0.29) is 0 Å². The van der Waals surface area contributed by atoms with Crippen molar-refractivity contribution in [2.24, 2.45) is 5.92 Å². The smallest absolute Gasteiger partial charge is 0.242 e. The minimum absolute atomic E-state index is 0.304. The maximum Gasteiger partial charge on any atom is 0.242 e. The Labute approximate surface area is 132 Å². The number of nitrogens with one attached hydrogen (secondary N) is 1. The number of hydrogen-bond donors (Lipinski definition) is 1. The lowest BCUT2D eigenvalue weighted by Crippen LogP contribution is -2.23. The molecule has 0 heterocycles. The Balaban J connectivity index is 1.94. The largest absolute Gasteiger partial charge is 0.385 e. The van der Waals surface area contributed by atoms with E-state index in [9.17, 15) is 8.42 Å². The van der Waals surface area contributed by atoms with Crippen molar-refractivity contribution in [2.45, 2.75) is 36.0 Å². The molecule has 1 aliphatic rings. The third-order valence-corrected chi connectivity index (χ3v) is 6.17. The van der Waals surface area contributed by atoms with Crippen molar-refractivity contribution in [3.8, 4) is 0 Å². The summed E-state index contributed by atoms with van der Waals surface area (Å²) >= 11 is 6.19. The van der Waals surface area contributed by atoms with E-state index >= 15 is 0 Å². The van der Waals surface area contributed by atoms with Crippen molar-refractivity contribution < 1.29 is 8.42 Å². The highest BCUT2D eigenvalue weighted by atomic mass is 35.5. The molecule has 0 aromatic heterocycles. The van der Waals surface area contributed by atoms with Crippen LogP contribution in [0.2, 0.25) is 0 Å². The minimum atomic E-state index is -3.35. The Bertz CT molecular complexity index is 558. The van der Waals surface area contributed by atoms with Crippen molar-refractivity contribution in [3.63, 3.8) is 0 Å². The summed E-state index contributed by atoms with van der Waals surface area (Å²) in [5.74, 6) is 0.603. The second-order valence-corrected chi connectivity index (χ2v) is 8.59. The van der Waals surface area contributed by atoms with Gasteiger partial charge in [0.2, 0.25) is 10.0 Å². The summed E-state index contributed by atoms with van der Waals surface area (Å²) in [6, 6.07) is 6.92. The van der Waals surface area contributed by atoms with Crippen LogP contribution in [0.1, 0.15) is 25.7 Å². The highest BCUT2D eigenvalue weighted by molar-refractivity contribution is 7.89. The highest BCUT2D eigenvalue weighted by Gasteiger charge is 2.20. The van der Waals surface area contributed by atoms with E-state index in [4.69, 9.17) is 11.6 Å². The summed E-state index contributed by atoms with van der Waals surface area (Å²) in [5, 5.41) is 3.68. The zero-order valence-corrected chi connectivity index (χ0v) is 14.1. The summed E-state index contributed by atoms with van der Waals surface area (Å²) in [6.07, 6.45) is 4.58. The number of sulfonamides is 1. The average Bonchev–Trinajstić information content (AvgIpc) is 2.45. The Morgan fingerprint density at radius 1 is 1.24 bits per heavy atom. The highest BCUT2D eigenvalue weighted by Crippen LogP contribution is 2.28. The van der Waals surface area contributed by atoms with Gasteiger partial charge in [-0.05, 0) is 49.4 Å². The SMILES string of the molecule is CN(C)S(=O)(=O)c1ccc(NCC2CCCC(Cl)C2)cc1. The molecule has 0 radical (unpaired) electrons. The maximum absolute atomic E-state index is 12.0. The van der Waals surface area contributed by atoms with Crippen molar-refractivity contribution in [1.82, 2.24) is 4.31 Å². The van der Waals surface area contributed by atoms with Gasteiger partial charge in [0, 0.05) is 31.7 Å². The van der Waals surface area contributed by atoms with Crippen LogP contribution in [0.4, 0.5) is 5.69 Å². The standard InChI is InChI=1S/C15H23ClN2O2S/c1-18(2)21(19,20)15-8-6-14(7-9-15)17-11-12-4-3-5-13(16)10-12/h6-9,12-13,17H,3-5,10-11H2,1-2H3. The van der Waals surface area contributed by atoms with E-state index in [1.54, 1.807) is 12.1 Å². The molecule has 21 heavy (non-hydrogen) atoms. The molecule has 1 aromatic rings. The van der Waals surface area contributed by atoms with E-state index in [0.29, 0.717) is 16.2 Å². The van der Waals surface area contributed by atoms with Crippen LogP contribution < -0.4 is 5.32 Å². The van der Waals surface area contributed by atoms with Crippen LogP contribution in [-0.2, 0) is 10.0 Å². The molecule has 0 bridgehead atoms. The lowest BCUT2D eigenvalue weighted by Gasteiger charge is -2.25. The molecule has 2 atom stereocenters. The Hall–Kier alpha value is -0.780. The van der Waals surface area contributed by atoms with Gasteiger partial charge < -0.3 is 5.32 Å². The van der Waals surface area contributed by atoms with Gasteiger partial charge in [-0.15, -0.1) is 11.6 Å². The molecule has 0 spiro atoms. The summed E-state index contributed by atoms with van der Waals surface area (Å²) in [5.41, 5.74) is 0.949. The molecule has 1 aromatic carbocycles. The molecule has 1 fully saturated rings. The van der Waals surface area contributed by atoms with Gasteiger partial charge in [0.15, 0.2) is 0 Å². The van der Waals surface area contributed by atoms with Crippen LogP contribution in [0.5, 0.6) is 0 Å². The maximum atomic E-state index is 12.0. The van der Waals surface area contributed by atoms with E-state index in [2.05, 4.69) is 5.32 Å². The predicted octanol–water partition coefficient (Wildman–Crippen LogP) is 3.15. The number of halogens is 1. The Kier molecular flexibility index (Phi) is 5.52. The molecule has 0 aliphatic heterocycles. The topological polar surface area (TPSA) is 49.4 Å². The molecule has 1 aliphatic carbocycles. The molecule has 1 saturated carbocycles. The number of nitrogens with zero attached hydrogens (tertiary/aromatic N) is 1. The lowest BCUT2D eigenvalue weighted by molar-refractivity contribution is 0.378. The second-order valence-electron chi connectivity index (χ2n) is 5.82. The number of alkyl halides is 1. The summed E-state index contributed by atoms with van der Waals surface area (Å²) in [6.45, 7) is 0.892. The van der Waals surface area contributed by atoms with Gasteiger partial charge in [0.25, 0.3) is 0 Å². The van der Waals surface area contributed by atoms with Crippen LogP contribution in [-0.4, -0.2) is 38.7 Å². The molecule has 2 unspecified atom stereocenters. The lowest BCUT2D eigenvalue weighted by atomic mass is 9.89. The minimum Gasteiger partial charge on any atom is -0.385 e. The molecule has 6 heteroatoms. The average molecular weight is 331 g/mol. The molecule has 0 amide bonds. The van der Waals surface area contributed by atoms with E-state index in [1.807, 2.05) is 12.1 Å². The summed E-state index contributed by atoms with van der Waals surface area (Å²) < 4.78 is 25.2. The fourth-order valence-corrected chi connectivity index (χ4v) is 3.94. The van der Waals surface area contributed by atoms with E-state index in [0.717, 1.165) is 25.1 Å². The first-order valence-electron chi connectivity index (χ1n) is 7.30. The zero-order chi connectivity index (χ0) is 15.5.